The minimum atomic E-state index is -0.112. The van der Waals surface area contributed by atoms with Gasteiger partial charge in [-0.2, -0.15) is 0 Å². The fourth-order valence-electron chi connectivity index (χ4n) is 2.55. The highest BCUT2D eigenvalue weighted by Gasteiger charge is 2.19. The van der Waals surface area contributed by atoms with Crippen LogP contribution in [0.15, 0.2) is 48.5 Å². The van der Waals surface area contributed by atoms with Gasteiger partial charge in [0.2, 0.25) is 0 Å². The summed E-state index contributed by atoms with van der Waals surface area (Å²) in [7, 11) is 7.22. The zero-order valence-electron chi connectivity index (χ0n) is 14.6. The molecule has 2 rings (SSSR count). The Morgan fingerprint density at radius 2 is 1.71 bits per heavy atom. The van der Waals surface area contributed by atoms with Gasteiger partial charge < -0.3 is 19.7 Å². The Labute approximate surface area is 143 Å². The normalized spacial score (nSPS) is 11.9. The van der Waals surface area contributed by atoms with E-state index in [4.69, 9.17) is 9.47 Å². The molecule has 24 heavy (non-hydrogen) atoms. The topological polar surface area (TPSA) is 50.8 Å². The highest BCUT2D eigenvalue weighted by Crippen LogP contribution is 2.27. The zero-order chi connectivity index (χ0) is 17.5. The number of nitrogens with zero attached hydrogens (tertiary/aromatic N) is 1. The molecule has 0 aliphatic heterocycles. The molecule has 0 fully saturated rings. The Morgan fingerprint density at radius 3 is 2.29 bits per heavy atom. The third-order valence-electron chi connectivity index (χ3n) is 3.93. The van der Waals surface area contributed by atoms with E-state index in [1.54, 1.807) is 38.5 Å². The summed E-state index contributed by atoms with van der Waals surface area (Å²) in [5.74, 6) is 1.43. The van der Waals surface area contributed by atoms with Crippen molar-refractivity contribution >= 4 is 5.91 Å². The number of carbonyl (C=O) groups excluding carboxylic acids is 1. The summed E-state index contributed by atoms with van der Waals surface area (Å²) in [6.45, 7) is 0.484. The molecule has 0 aliphatic rings. The molecular formula is C19H24N2O3. The van der Waals surface area contributed by atoms with Crippen LogP contribution in [0.25, 0.3) is 0 Å². The molecule has 2 aromatic carbocycles. The van der Waals surface area contributed by atoms with Crippen molar-refractivity contribution in [2.24, 2.45) is 0 Å². The third-order valence-corrected chi connectivity index (χ3v) is 3.93. The number of carbonyl (C=O) groups is 1. The van der Waals surface area contributed by atoms with Gasteiger partial charge in [-0.25, -0.2) is 0 Å². The molecule has 1 N–H and O–H groups in total. The average Bonchev–Trinajstić information content (AvgIpc) is 2.62. The summed E-state index contributed by atoms with van der Waals surface area (Å²) in [4.78, 5) is 14.4. The van der Waals surface area contributed by atoms with Crippen LogP contribution in [-0.2, 0) is 0 Å². The van der Waals surface area contributed by atoms with Crippen LogP contribution >= 0.6 is 0 Å². The van der Waals surface area contributed by atoms with E-state index in [1.807, 2.05) is 38.4 Å². The van der Waals surface area contributed by atoms with E-state index in [0.29, 0.717) is 12.1 Å². The maximum absolute atomic E-state index is 12.4. The van der Waals surface area contributed by atoms with Crippen LogP contribution < -0.4 is 14.8 Å². The van der Waals surface area contributed by atoms with Crippen molar-refractivity contribution in [3.63, 3.8) is 0 Å². The highest BCUT2D eigenvalue weighted by molar-refractivity contribution is 5.94. The van der Waals surface area contributed by atoms with E-state index >= 15 is 0 Å². The van der Waals surface area contributed by atoms with Crippen molar-refractivity contribution in [3.8, 4) is 11.5 Å². The first kappa shape index (κ1) is 17.8. The lowest BCUT2D eigenvalue weighted by atomic mass is 10.0. The lowest BCUT2D eigenvalue weighted by Crippen LogP contribution is -2.34. The lowest BCUT2D eigenvalue weighted by Gasteiger charge is -2.26. The molecule has 5 heteroatoms. The van der Waals surface area contributed by atoms with E-state index in [-0.39, 0.29) is 11.9 Å². The number of hydrogen-bond acceptors (Lipinski definition) is 4. The number of hydrogen-bond donors (Lipinski definition) is 1. The van der Waals surface area contributed by atoms with E-state index in [9.17, 15) is 4.79 Å². The maximum atomic E-state index is 12.4. The zero-order valence-corrected chi connectivity index (χ0v) is 14.6. The highest BCUT2D eigenvalue weighted by atomic mass is 16.5. The number of ether oxygens (including phenoxy) is 2. The smallest absolute Gasteiger partial charge is 0.251 e. The van der Waals surface area contributed by atoms with Crippen LogP contribution in [0.1, 0.15) is 22.0 Å². The average molecular weight is 328 g/mol. The Hall–Kier alpha value is -2.53. The van der Waals surface area contributed by atoms with Crippen LogP contribution in [0.2, 0.25) is 0 Å². The minimum absolute atomic E-state index is 0.0170. The quantitative estimate of drug-likeness (QED) is 0.849. The van der Waals surface area contributed by atoms with Gasteiger partial charge in [0, 0.05) is 17.7 Å². The molecule has 0 heterocycles. The van der Waals surface area contributed by atoms with Gasteiger partial charge in [-0.3, -0.25) is 4.79 Å². The van der Waals surface area contributed by atoms with Gasteiger partial charge in [0.1, 0.15) is 11.5 Å². The van der Waals surface area contributed by atoms with E-state index in [2.05, 4.69) is 10.2 Å². The molecule has 0 aromatic heterocycles. The number of methoxy groups -OCH3 is 2. The van der Waals surface area contributed by atoms with Gasteiger partial charge in [-0.15, -0.1) is 0 Å². The summed E-state index contributed by atoms with van der Waals surface area (Å²) in [5.41, 5.74) is 1.65. The van der Waals surface area contributed by atoms with E-state index < -0.39 is 0 Å². The molecular weight excluding hydrogens is 304 g/mol. The van der Waals surface area contributed by atoms with E-state index in [1.165, 1.54) is 0 Å². The molecule has 0 radical (unpaired) electrons. The summed E-state index contributed by atoms with van der Waals surface area (Å²) >= 11 is 0. The second kappa shape index (κ2) is 8.36. The number of nitrogens with one attached hydrogen (secondary N) is 1. The summed E-state index contributed by atoms with van der Waals surface area (Å²) in [6, 6.07) is 14.9. The van der Waals surface area contributed by atoms with Crippen molar-refractivity contribution in [2.45, 2.75) is 6.04 Å². The van der Waals surface area contributed by atoms with Crippen LogP contribution in [-0.4, -0.2) is 45.7 Å². The number of para-hydroxylation sites is 1. The van der Waals surface area contributed by atoms with Crippen LogP contribution in [0.3, 0.4) is 0 Å². The first-order chi connectivity index (χ1) is 11.6. The molecule has 0 spiro atoms. The second-order valence-corrected chi connectivity index (χ2v) is 5.66. The Balaban J connectivity index is 2.09. The molecule has 1 atom stereocenters. The second-order valence-electron chi connectivity index (χ2n) is 5.66. The Kier molecular flexibility index (Phi) is 6.21. The predicted octanol–water partition coefficient (Wildman–Crippen LogP) is 2.74. The summed E-state index contributed by atoms with van der Waals surface area (Å²) in [6.07, 6.45) is 0. The lowest BCUT2D eigenvalue weighted by molar-refractivity contribution is 0.0941. The standard InChI is InChI=1S/C19H24N2O3/c1-21(2)17(16-7-5-6-8-18(16)24-4)13-20-19(22)14-9-11-15(23-3)12-10-14/h5-12,17H,13H2,1-4H3,(H,20,22)/t17-/m0/s1. The molecule has 5 nitrogen and oxygen atoms in total. The minimum Gasteiger partial charge on any atom is -0.497 e. The van der Waals surface area contributed by atoms with Gasteiger partial charge in [-0.1, -0.05) is 18.2 Å². The monoisotopic (exact) mass is 328 g/mol. The largest absolute Gasteiger partial charge is 0.497 e. The van der Waals surface area contributed by atoms with Gasteiger partial charge in [-0.05, 0) is 44.4 Å². The van der Waals surface area contributed by atoms with Gasteiger partial charge in [0.05, 0.1) is 20.3 Å². The molecule has 0 unspecified atom stereocenters. The number of rotatable bonds is 7. The predicted molar refractivity (Wildman–Crippen MR) is 94.7 cm³/mol. The first-order valence-electron chi connectivity index (χ1n) is 7.78. The molecule has 1 amide bonds. The fourth-order valence-corrected chi connectivity index (χ4v) is 2.55. The number of benzene rings is 2. The van der Waals surface area contributed by atoms with Crippen molar-refractivity contribution in [3.05, 3.63) is 59.7 Å². The van der Waals surface area contributed by atoms with Crippen LogP contribution in [0, 0.1) is 0 Å². The molecule has 128 valence electrons. The Morgan fingerprint density at radius 1 is 1.04 bits per heavy atom. The summed E-state index contributed by atoms with van der Waals surface area (Å²) in [5, 5.41) is 2.99. The first-order valence-corrected chi connectivity index (χ1v) is 7.78. The molecule has 0 bridgehead atoms. The SMILES string of the molecule is COc1ccc(C(=O)NC[C@@H](c2ccccc2OC)N(C)C)cc1. The summed E-state index contributed by atoms with van der Waals surface area (Å²) < 4.78 is 10.5. The molecule has 0 saturated heterocycles. The number of likely N-dealkylation sites (N-methyl/N-ethyl adjacent to an activating group) is 1. The van der Waals surface area contributed by atoms with Crippen molar-refractivity contribution < 1.29 is 14.3 Å². The van der Waals surface area contributed by atoms with Crippen molar-refractivity contribution in [1.29, 1.82) is 0 Å². The van der Waals surface area contributed by atoms with Crippen LogP contribution in [0.5, 0.6) is 11.5 Å². The maximum Gasteiger partial charge on any atom is 0.251 e. The van der Waals surface area contributed by atoms with Gasteiger partial charge in [0.25, 0.3) is 5.91 Å². The number of amides is 1. The van der Waals surface area contributed by atoms with Gasteiger partial charge in [0.15, 0.2) is 0 Å². The molecule has 0 saturated carbocycles. The van der Waals surface area contributed by atoms with Crippen molar-refractivity contribution in [1.82, 2.24) is 10.2 Å². The molecule has 2 aromatic rings. The fraction of sp³-hybridized carbons (Fsp3) is 0.316. The van der Waals surface area contributed by atoms with E-state index in [0.717, 1.165) is 17.1 Å². The third kappa shape index (κ3) is 4.26. The Bertz CT molecular complexity index is 669. The molecule has 0 aliphatic carbocycles. The van der Waals surface area contributed by atoms with Crippen molar-refractivity contribution in [2.75, 3.05) is 34.9 Å². The van der Waals surface area contributed by atoms with Gasteiger partial charge >= 0.3 is 0 Å². The van der Waals surface area contributed by atoms with Crippen LogP contribution in [0.4, 0.5) is 0 Å².